The highest BCUT2D eigenvalue weighted by molar-refractivity contribution is 6.06. The van der Waals surface area contributed by atoms with Crippen LogP contribution in [-0.2, 0) is 9.59 Å². The average molecular weight is 498 g/mol. The maximum atomic E-state index is 13.9. The van der Waals surface area contributed by atoms with Gasteiger partial charge in [-0.05, 0) is 47.7 Å². The molecule has 0 aromatic heterocycles. The Hall–Kier alpha value is -4.46. The maximum Gasteiger partial charge on any atom is 0.269 e. The van der Waals surface area contributed by atoms with E-state index in [1.807, 2.05) is 61.5 Å². The smallest absolute Gasteiger partial charge is 0.269 e. The number of para-hydroxylation sites is 2. The number of ether oxygens (including phenoxy) is 1. The average Bonchev–Trinajstić information content (AvgIpc) is 3.07. The molecule has 0 spiro atoms. The van der Waals surface area contributed by atoms with Crippen molar-refractivity contribution < 1.29 is 19.2 Å². The number of hydrogen-bond donors (Lipinski definition) is 1. The number of ketones is 1. The number of anilines is 2. The molecule has 0 unspecified atom stereocenters. The molecule has 0 saturated heterocycles. The van der Waals surface area contributed by atoms with Gasteiger partial charge in [-0.25, -0.2) is 0 Å². The van der Waals surface area contributed by atoms with Crippen LogP contribution in [0.25, 0.3) is 0 Å². The van der Waals surface area contributed by atoms with Crippen molar-refractivity contribution in [1.82, 2.24) is 0 Å². The lowest BCUT2D eigenvalue weighted by Gasteiger charge is -2.35. The molecule has 188 valence electrons. The minimum absolute atomic E-state index is 0.000256. The van der Waals surface area contributed by atoms with Crippen molar-refractivity contribution in [3.8, 4) is 5.75 Å². The van der Waals surface area contributed by atoms with E-state index in [0.717, 1.165) is 22.5 Å². The topological polar surface area (TPSA) is 102 Å². The molecular weight excluding hydrogens is 470 g/mol. The number of fused-ring (bicyclic) bond motifs is 1. The molecular formula is C29H27N3O5. The number of nitro benzene ring substituents is 1. The lowest BCUT2D eigenvalue weighted by Crippen LogP contribution is -2.38. The lowest BCUT2D eigenvalue weighted by atomic mass is 9.78. The van der Waals surface area contributed by atoms with Gasteiger partial charge < -0.3 is 10.1 Å². The summed E-state index contributed by atoms with van der Waals surface area (Å²) >= 11 is 0. The number of nitrogens with zero attached hydrogens (tertiary/aromatic N) is 2. The largest absolute Gasteiger partial charge is 0.497 e. The van der Waals surface area contributed by atoms with E-state index in [2.05, 4.69) is 5.32 Å². The van der Waals surface area contributed by atoms with E-state index in [0.29, 0.717) is 23.4 Å². The monoisotopic (exact) mass is 497 g/mol. The van der Waals surface area contributed by atoms with Gasteiger partial charge in [0.2, 0.25) is 5.91 Å². The first kappa shape index (κ1) is 24.2. The van der Waals surface area contributed by atoms with Gasteiger partial charge in [-0.15, -0.1) is 0 Å². The van der Waals surface area contributed by atoms with Gasteiger partial charge in [-0.2, -0.15) is 0 Å². The van der Waals surface area contributed by atoms with E-state index in [-0.39, 0.29) is 36.1 Å². The molecule has 5 rings (SSSR count). The third-order valence-corrected chi connectivity index (χ3v) is 7.04. The van der Waals surface area contributed by atoms with E-state index >= 15 is 0 Å². The van der Waals surface area contributed by atoms with Crippen LogP contribution in [0, 0.1) is 10.1 Å². The summed E-state index contributed by atoms with van der Waals surface area (Å²) in [5, 5.41) is 14.8. The highest BCUT2D eigenvalue weighted by atomic mass is 16.6. The number of rotatable bonds is 5. The highest BCUT2D eigenvalue weighted by Gasteiger charge is 2.41. The number of Topliss-reactive ketones (excluding diaryl/α,β-unsaturated/α-hetero) is 1. The first-order chi connectivity index (χ1) is 17.9. The van der Waals surface area contributed by atoms with Crippen molar-refractivity contribution in [1.29, 1.82) is 0 Å². The number of allylic oxidation sites excluding steroid dienone is 1. The summed E-state index contributed by atoms with van der Waals surface area (Å²) in [7, 11) is 1.59. The molecule has 1 aliphatic carbocycles. The summed E-state index contributed by atoms with van der Waals surface area (Å²) in [6, 6.07) is 20.8. The van der Waals surface area contributed by atoms with Gasteiger partial charge in [-0.3, -0.25) is 24.6 Å². The van der Waals surface area contributed by atoms with E-state index in [9.17, 15) is 19.7 Å². The van der Waals surface area contributed by atoms with Crippen molar-refractivity contribution in [2.45, 2.75) is 38.1 Å². The van der Waals surface area contributed by atoms with Crippen LogP contribution in [0.4, 0.5) is 17.1 Å². The molecule has 3 aromatic carbocycles. The number of non-ortho nitro benzene ring substituents is 1. The van der Waals surface area contributed by atoms with Crippen molar-refractivity contribution in [3.63, 3.8) is 0 Å². The lowest BCUT2D eigenvalue weighted by molar-refractivity contribution is -0.384. The Morgan fingerprint density at radius 3 is 2.51 bits per heavy atom. The summed E-state index contributed by atoms with van der Waals surface area (Å²) in [4.78, 5) is 40.0. The van der Waals surface area contributed by atoms with E-state index < -0.39 is 11.0 Å². The van der Waals surface area contributed by atoms with Crippen molar-refractivity contribution in [2.75, 3.05) is 17.3 Å². The Morgan fingerprint density at radius 1 is 1.05 bits per heavy atom. The Labute approximate surface area is 214 Å². The van der Waals surface area contributed by atoms with Crippen LogP contribution < -0.4 is 15.0 Å². The molecule has 0 saturated carbocycles. The summed E-state index contributed by atoms with van der Waals surface area (Å²) in [6.45, 7) is 1.81. The number of amides is 1. The fourth-order valence-corrected chi connectivity index (χ4v) is 5.27. The molecule has 2 aliphatic rings. The number of nitrogens with one attached hydrogen (secondary N) is 1. The van der Waals surface area contributed by atoms with Gasteiger partial charge in [0.25, 0.3) is 5.69 Å². The van der Waals surface area contributed by atoms with Gasteiger partial charge in [0.15, 0.2) is 5.78 Å². The number of hydrogen-bond acceptors (Lipinski definition) is 6. The van der Waals surface area contributed by atoms with Crippen LogP contribution in [0.2, 0.25) is 0 Å². The third kappa shape index (κ3) is 4.46. The molecule has 1 aliphatic heterocycles. The molecule has 3 aromatic rings. The van der Waals surface area contributed by atoms with E-state index in [4.69, 9.17) is 4.74 Å². The van der Waals surface area contributed by atoms with Gasteiger partial charge >= 0.3 is 0 Å². The van der Waals surface area contributed by atoms with Crippen LogP contribution in [0.1, 0.15) is 49.3 Å². The molecule has 8 nitrogen and oxygen atoms in total. The summed E-state index contributed by atoms with van der Waals surface area (Å²) in [5.41, 5.74) is 4.26. The van der Waals surface area contributed by atoms with Gasteiger partial charge in [0, 0.05) is 36.2 Å². The highest BCUT2D eigenvalue weighted by Crippen LogP contribution is 2.47. The molecule has 37 heavy (non-hydrogen) atoms. The molecule has 1 amide bonds. The zero-order chi connectivity index (χ0) is 26.1. The van der Waals surface area contributed by atoms with Crippen molar-refractivity contribution in [2.24, 2.45) is 0 Å². The number of carbonyl (C=O) groups is 2. The summed E-state index contributed by atoms with van der Waals surface area (Å²) in [6.07, 6.45) is 0.949. The SMILES string of the molecule is CCC(=O)N1c2ccccc2NC2=C(C(=O)C[C@H](c3cccc([N+](=O)[O-])c3)C2)[C@@H]1c1ccc(OC)cc1. The van der Waals surface area contributed by atoms with Crippen molar-refractivity contribution >= 4 is 28.8 Å². The van der Waals surface area contributed by atoms with E-state index in [1.165, 1.54) is 6.07 Å². The molecule has 1 N–H and O–H groups in total. The zero-order valence-electron chi connectivity index (χ0n) is 20.6. The third-order valence-electron chi connectivity index (χ3n) is 7.04. The molecule has 8 heteroatoms. The number of benzene rings is 3. The summed E-state index contributed by atoms with van der Waals surface area (Å²) in [5.74, 6) is 0.264. The standard InChI is InChI=1S/C29H27N3O5/c1-3-27(34)31-25-10-5-4-9-23(25)30-24-16-20(19-7-6-8-21(15-19)32(35)36)17-26(33)28(24)29(31)18-11-13-22(37-2)14-12-18/h4-15,20,29-30H,3,16-17H2,1-2H3/t20-,29+/m1/s1. The number of carbonyl (C=O) groups excluding carboxylic acids is 2. The summed E-state index contributed by atoms with van der Waals surface area (Å²) < 4.78 is 5.33. The number of nitro groups is 1. The Morgan fingerprint density at radius 2 is 1.81 bits per heavy atom. The van der Waals surface area contributed by atoms with Crippen molar-refractivity contribution in [3.05, 3.63) is 105 Å². The molecule has 0 radical (unpaired) electrons. The molecule has 2 atom stereocenters. The quantitative estimate of drug-likeness (QED) is 0.347. The first-order valence-electron chi connectivity index (χ1n) is 12.2. The Kier molecular flexibility index (Phi) is 6.48. The first-order valence-corrected chi connectivity index (χ1v) is 12.2. The fourth-order valence-electron chi connectivity index (χ4n) is 5.27. The van der Waals surface area contributed by atoms with Crippen LogP contribution in [-0.4, -0.2) is 23.7 Å². The number of methoxy groups -OCH3 is 1. The Bertz CT molecular complexity index is 1410. The van der Waals surface area contributed by atoms with Gasteiger partial charge in [-0.1, -0.05) is 43.3 Å². The minimum atomic E-state index is -0.622. The zero-order valence-corrected chi connectivity index (χ0v) is 20.6. The normalized spacial score (nSPS) is 18.9. The second-order valence-corrected chi connectivity index (χ2v) is 9.21. The second kappa shape index (κ2) is 9.89. The van der Waals surface area contributed by atoms with Crippen LogP contribution in [0.5, 0.6) is 5.75 Å². The van der Waals surface area contributed by atoms with E-state index in [1.54, 1.807) is 24.1 Å². The molecule has 0 bridgehead atoms. The van der Waals surface area contributed by atoms with Gasteiger partial charge in [0.05, 0.1) is 29.4 Å². The van der Waals surface area contributed by atoms with Crippen LogP contribution >= 0.6 is 0 Å². The second-order valence-electron chi connectivity index (χ2n) is 9.21. The predicted molar refractivity (Wildman–Crippen MR) is 141 cm³/mol. The Balaban J connectivity index is 1.68. The maximum absolute atomic E-state index is 13.9. The predicted octanol–water partition coefficient (Wildman–Crippen LogP) is 5.91. The van der Waals surface area contributed by atoms with Crippen LogP contribution in [0.3, 0.4) is 0 Å². The fraction of sp³-hybridized carbons (Fsp3) is 0.241. The molecule has 0 fully saturated rings. The molecule has 1 heterocycles. The van der Waals surface area contributed by atoms with Gasteiger partial charge in [0.1, 0.15) is 5.75 Å². The van der Waals surface area contributed by atoms with Crippen LogP contribution in [0.15, 0.2) is 84.1 Å². The minimum Gasteiger partial charge on any atom is -0.497 e.